The lowest BCUT2D eigenvalue weighted by molar-refractivity contribution is 0.467. The molecule has 1 aromatic carbocycles. The first-order valence-corrected chi connectivity index (χ1v) is 6.96. The molecule has 0 atom stereocenters. The molecule has 0 aliphatic heterocycles. The Bertz CT molecular complexity index is 753. The van der Waals surface area contributed by atoms with Gasteiger partial charge >= 0.3 is 0 Å². The van der Waals surface area contributed by atoms with Crippen molar-refractivity contribution < 1.29 is 4.74 Å². The molecule has 0 radical (unpaired) electrons. The summed E-state index contributed by atoms with van der Waals surface area (Å²) >= 11 is 0. The van der Waals surface area contributed by atoms with Gasteiger partial charge in [0.25, 0.3) is 5.88 Å². The number of ether oxygens (including phenoxy) is 1. The van der Waals surface area contributed by atoms with E-state index in [1.165, 1.54) is 0 Å². The quantitative estimate of drug-likeness (QED) is 0.751. The van der Waals surface area contributed by atoms with Gasteiger partial charge < -0.3 is 15.0 Å². The average Bonchev–Trinajstić information content (AvgIpc) is 2.94. The third kappa shape index (κ3) is 2.94. The van der Waals surface area contributed by atoms with Crippen molar-refractivity contribution in [1.82, 2.24) is 19.9 Å². The van der Waals surface area contributed by atoms with Crippen LogP contribution in [0.1, 0.15) is 18.9 Å². The highest BCUT2D eigenvalue weighted by molar-refractivity contribution is 5.77. The van der Waals surface area contributed by atoms with E-state index in [1.54, 1.807) is 6.33 Å². The van der Waals surface area contributed by atoms with Crippen LogP contribution in [0.3, 0.4) is 0 Å². The lowest BCUT2D eigenvalue weighted by Gasteiger charge is -2.08. The van der Waals surface area contributed by atoms with E-state index in [1.807, 2.05) is 31.2 Å². The number of benzene rings is 1. The molecule has 0 aliphatic rings. The number of nitrogens with zero attached hydrogens (tertiary/aromatic N) is 3. The second kappa shape index (κ2) is 5.78. The number of nitrogens with one attached hydrogen (secondary N) is 2. The van der Waals surface area contributed by atoms with Crippen molar-refractivity contribution >= 4 is 17.1 Å². The molecule has 0 bridgehead atoms. The van der Waals surface area contributed by atoms with Crippen LogP contribution in [-0.2, 0) is 0 Å². The number of imidazole rings is 1. The molecule has 6 nitrogen and oxygen atoms in total. The molecule has 0 saturated carbocycles. The van der Waals surface area contributed by atoms with Crippen molar-refractivity contribution in [3.63, 3.8) is 0 Å². The lowest BCUT2D eigenvalue weighted by atomic mass is 10.2. The second-order valence-electron chi connectivity index (χ2n) is 4.80. The summed E-state index contributed by atoms with van der Waals surface area (Å²) in [6.45, 7) is 4.91. The van der Waals surface area contributed by atoms with E-state index in [0.29, 0.717) is 23.0 Å². The summed E-state index contributed by atoms with van der Waals surface area (Å²) in [5.74, 6) is 1.74. The summed E-state index contributed by atoms with van der Waals surface area (Å²) in [5.41, 5.74) is 2.41. The van der Waals surface area contributed by atoms with Crippen LogP contribution < -0.4 is 10.1 Å². The standard InChI is InChI=1S/C15H17N5O/c1-3-7-16-15-19-13-12(17-9-18-13)14(20-15)21-11-6-4-5-10(2)8-11/h4-6,8-9H,3,7H2,1-2H3,(H2,16,17,18,19,20). The molecule has 3 rings (SSSR count). The van der Waals surface area contributed by atoms with E-state index >= 15 is 0 Å². The molecule has 0 unspecified atom stereocenters. The number of H-pyrrole nitrogens is 1. The van der Waals surface area contributed by atoms with E-state index < -0.39 is 0 Å². The summed E-state index contributed by atoms with van der Waals surface area (Å²) in [7, 11) is 0. The molecule has 6 heteroatoms. The van der Waals surface area contributed by atoms with Gasteiger partial charge in [0.15, 0.2) is 5.65 Å². The molecule has 108 valence electrons. The number of aryl methyl sites for hydroxylation is 1. The summed E-state index contributed by atoms with van der Waals surface area (Å²) in [5, 5.41) is 3.16. The van der Waals surface area contributed by atoms with Crippen molar-refractivity contribution in [3.8, 4) is 11.6 Å². The lowest BCUT2D eigenvalue weighted by Crippen LogP contribution is -2.05. The minimum atomic E-state index is 0.474. The Balaban J connectivity index is 1.97. The molecule has 21 heavy (non-hydrogen) atoms. The monoisotopic (exact) mass is 283 g/mol. The fourth-order valence-electron chi connectivity index (χ4n) is 1.99. The zero-order valence-corrected chi connectivity index (χ0v) is 12.1. The number of anilines is 1. The van der Waals surface area contributed by atoms with Crippen LogP contribution in [0.4, 0.5) is 5.95 Å². The van der Waals surface area contributed by atoms with E-state index in [0.717, 1.165) is 24.3 Å². The van der Waals surface area contributed by atoms with Gasteiger partial charge in [0.1, 0.15) is 11.3 Å². The third-order valence-corrected chi connectivity index (χ3v) is 2.99. The Morgan fingerprint density at radius 2 is 2.19 bits per heavy atom. The summed E-state index contributed by atoms with van der Waals surface area (Å²) < 4.78 is 5.89. The Morgan fingerprint density at radius 1 is 1.29 bits per heavy atom. The molecule has 0 spiro atoms. The summed E-state index contributed by atoms with van der Waals surface area (Å²) in [6.07, 6.45) is 2.59. The predicted molar refractivity (Wildman–Crippen MR) is 81.7 cm³/mol. The number of aromatic amines is 1. The van der Waals surface area contributed by atoms with Crippen molar-refractivity contribution in [1.29, 1.82) is 0 Å². The van der Waals surface area contributed by atoms with Gasteiger partial charge in [-0.1, -0.05) is 19.1 Å². The maximum Gasteiger partial charge on any atom is 0.250 e. The maximum absolute atomic E-state index is 5.89. The summed E-state index contributed by atoms with van der Waals surface area (Å²) in [6, 6.07) is 7.83. The van der Waals surface area contributed by atoms with Crippen LogP contribution in [0, 0.1) is 6.92 Å². The Hall–Kier alpha value is -2.63. The number of rotatable bonds is 5. The number of fused-ring (bicyclic) bond motifs is 1. The topological polar surface area (TPSA) is 75.7 Å². The van der Waals surface area contributed by atoms with Gasteiger partial charge in [-0.25, -0.2) is 4.98 Å². The predicted octanol–water partition coefficient (Wildman–Crippen LogP) is 3.28. The maximum atomic E-state index is 5.89. The minimum Gasteiger partial charge on any atom is -0.437 e. The number of hydrogen-bond acceptors (Lipinski definition) is 5. The molecule has 0 amide bonds. The van der Waals surface area contributed by atoms with E-state index in [4.69, 9.17) is 4.74 Å². The summed E-state index contributed by atoms with van der Waals surface area (Å²) in [4.78, 5) is 16.0. The normalized spacial score (nSPS) is 10.8. The first kappa shape index (κ1) is 13.4. The molecule has 0 saturated heterocycles. The van der Waals surface area contributed by atoms with Crippen LogP contribution >= 0.6 is 0 Å². The highest BCUT2D eigenvalue weighted by Crippen LogP contribution is 2.26. The molecule has 2 heterocycles. The first-order valence-electron chi connectivity index (χ1n) is 6.96. The van der Waals surface area contributed by atoms with Crippen LogP contribution in [-0.4, -0.2) is 26.5 Å². The molecule has 0 fully saturated rings. The van der Waals surface area contributed by atoms with Gasteiger partial charge in [0.05, 0.1) is 6.33 Å². The smallest absolute Gasteiger partial charge is 0.250 e. The second-order valence-corrected chi connectivity index (χ2v) is 4.80. The SMILES string of the molecule is CCCNc1nc(Oc2cccc(C)c2)c2[nH]cnc2n1. The van der Waals surface area contributed by atoms with Crippen molar-refractivity contribution in [2.45, 2.75) is 20.3 Å². The third-order valence-electron chi connectivity index (χ3n) is 2.99. The highest BCUT2D eigenvalue weighted by Gasteiger charge is 2.12. The molecular weight excluding hydrogens is 266 g/mol. The zero-order valence-electron chi connectivity index (χ0n) is 12.1. The van der Waals surface area contributed by atoms with Gasteiger partial charge in [-0.05, 0) is 31.0 Å². The van der Waals surface area contributed by atoms with Crippen LogP contribution in [0.2, 0.25) is 0 Å². The largest absolute Gasteiger partial charge is 0.437 e. The highest BCUT2D eigenvalue weighted by atomic mass is 16.5. The van der Waals surface area contributed by atoms with Gasteiger partial charge in [0, 0.05) is 6.54 Å². The zero-order chi connectivity index (χ0) is 14.7. The van der Waals surface area contributed by atoms with E-state index in [-0.39, 0.29) is 0 Å². The van der Waals surface area contributed by atoms with Crippen LogP contribution in [0.15, 0.2) is 30.6 Å². The van der Waals surface area contributed by atoms with Crippen molar-refractivity contribution in [3.05, 3.63) is 36.2 Å². The van der Waals surface area contributed by atoms with Gasteiger partial charge in [-0.15, -0.1) is 0 Å². The van der Waals surface area contributed by atoms with Gasteiger partial charge in [-0.3, -0.25) is 0 Å². The molecular formula is C15H17N5O. The van der Waals surface area contributed by atoms with Crippen LogP contribution in [0.25, 0.3) is 11.2 Å². The molecule has 3 aromatic rings. The van der Waals surface area contributed by atoms with Crippen LogP contribution in [0.5, 0.6) is 11.6 Å². The first-order chi connectivity index (χ1) is 10.3. The fourth-order valence-corrected chi connectivity index (χ4v) is 1.99. The molecule has 2 N–H and O–H groups in total. The Morgan fingerprint density at radius 3 is 3.00 bits per heavy atom. The average molecular weight is 283 g/mol. The number of hydrogen-bond donors (Lipinski definition) is 2. The fraction of sp³-hybridized carbons (Fsp3) is 0.267. The van der Waals surface area contributed by atoms with Gasteiger partial charge in [-0.2, -0.15) is 9.97 Å². The van der Waals surface area contributed by atoms with Crippen molar-refractivity contribution in [2.24, 2.45) is 0 Å². The van der Waals surface area contributed by atoms with E-state index in [2.05, 4.69) is 32.2 Å². The van der Waals surface area contributed by atoms with Crippen molar-refractivity contribution in [2.75, 3.05) is 11.9 Å². The molecule has 0 aliphatic carbocycles. The molecule has 2 aromatic heterocycles. The Labute approximate surface area is 122 Å². The Kier molecular flexibility index (Phi) is 3.68. The number of aromatic nitrogens is 4. The van der Waals surface area contributed by atoms with Gasteiger partial charge in [0.2, 0.25) is 5.95 Å². The minimum absolute atomic E-state index is 0.474. The van der Waals surface area contributed by atoms with E-state index in [9.17, 15) is 0 Å².